The Labute approximate surface area is 175 Å². The van der Waals surface area contributed by atoms with Gasteiger partial charge < -0.3 is 14.8 Å². The average molecular weight is 424 g/mol. The number of nitrogens with one attached hydrogen (secondary N) is 1. The number of nitro groups is 1. The van der Waals surface area contributed by atoms with Crippen molar-refractivity contribution in [3.63, 3.8) is 0 Å². The Balaban J connectivity index is 1.69. The van der Waals surface area contributed by atoms with E-state index >= 15 is 0 Å². The minimum Gasteiger partial charge on any atom is -0.494 e. The first-order valence-corrected chi connectivity index (χ1v) is 9.23. The Kier molecular flexibility index (Phi) is 5.31. The number of methoxy groups -OCH3 is 1. The third kappa shape index (κ3) is 3.92. The molecule has 0 spiro atoms. The summed E-state index contributed by atoms with van der Waals surface area (Å²) >= 11 is 0. The molecular formula is C20H17FN6O4. The first kappa shape index (κ1) is 20.0. The zero-order valence-electron chi connectivity index (χ0n) is 16.6. The van der Waals surface area contributed by atoms with Crippen molar-refractivity contribution < 1.29 is 18.8 Å². The second kappa shape index (κ2) is 8.22. The first-order chi connectivity index (χ1) is 15.0. The number of fused-ring (bicyclic) bond motifs is 1. The third-order valence-corrected chi connectivity index (χ3v) is 4.42. The van der Waals surface area contributed by atoms with Crippen molar-refractivity contribution in [1.29, 1.82) is 0 Å². The second-order valence-electron chi connectivity index (χ2n) is 6.33. The van der Waals surface area contributed by atoms with Gasteiger partial charge >= 0.3 is 5.69 Å². The van der Waals surface area contributed by atoms with Gasteiger partial charge in [0.2, 0.25) is 11.8 Å². The fraction of sp³-hybridized carbons (Fsp3) is 0.150. The predicted molar refractivity (Wildman–Crippen MR) is 111 cm³/mol. The van der Waals surface area contributed by atoms with Gasteiger partial charge in [-0.15, -0.1) is 0 Å². The summed E-state index contributed by atoms with van der Waals surface area (Å²) in [5, 5.41) is 19.2. The molecule has 2 aromatic carbocycles. The van der Waals surface area contributed by atoms with Gasteiger partial charge in [0.05, 0.1) is 36.0 Å². The van der Waals surface area contributed by atoms with Crippen LogP contribution in [0.1, 0.15) is 6.92 Å². The summed E-state index contributed by atoms with van der Waals surface area (Å²) in [4.78, 5) is 18.8. The van der Waals surface area contributed by atoms with Crippen LogP contribution < -0.4 is 14.8 Å². The number of hydrogen-bond donors (Lipinski definition) is 1. The minimum absolute atomic E-state index is 0.0742. The van der Waals surface area contributed by atoms with Crippen LogP contribution >= 0.6 is 0 Å². The maximum atomic E-state index is 13.9. The molecule has 0 atom stereocenters. The van der Waals surface area contributed by atoms with Gasteiger partial charge in [0.1, 0.15) is 11.5 Å². The van der Waals surface area contributed by atoms with Crippen LogP contribution in [0, 0.1) is 15.9 Å². The van der Waals surface area contributed by atoms with Crippen molar-refractivity contribution in [3.05, 3.63) is 64.7 Å². The fourth-order valence-corrected chi connectivity index (χ4v) is 3.05. The maximum absolute atomic E-state index is 13.9. The van der Waals surface area contributed by atoms with E-state index < -0.39 is 16.4 Å². The van der Waals surface area contributed by atoms with E-state index in [2.05, 4.69) is 20.4 Å². The zero-order valence-corrected chi connectivity index (χ0v) is 16.6. The van der Waals surface area contributed by atoms with Crippen LogP contribution in [0.5, 0.6) is 11.5 Å². The lowest BCUT2D eigenvalue weighted by molar-refractivity contribution is -0.387. The lowest BCUT2D eigenvalue weighted by atomic mass is 10.2. The van der Waals surface area contributed by atoms with Gasteiger partial charge in [0.15, 0.2) is 5.82 Å². The largest absolute Gasteiger partial charge is 0.494 e. The quantitative estimate of drug-likeness (QED) is 0.349. The van der Waals surface area contributed by atoms with Gasteiger partial charge in [-0.25, -0.2) is 9.67 Å². The van der Waals surface area contributed by atoms with Crippen molar-refractivity contribution >= 4 is 28.2 Å². The second-order valence-corrected chi connectivity index (χ2v) is 6.33. The van der Waals surface area contributed by atoms with Crippen molar-refractivity contribution in [3.8, 4) is 17.3 Å². The number of halogens is 1. The summed E-state index contributed by atoms with van der Waals surface area (Å²) in [5.74, 6) is 0.407. The van der Waals surface area contributed by atoms with Gasteiger partial charge in [0.25, 0.3) is 0 Å². The Morgan fingerprint density at radius 3 is 2.84 bits per heavy atom. The standard InChI is InChI=1S/C20H17FN6O4/c1-3-31-13-4-5-16-12(8-13)11-23-26(16)19-6-7-22-20(25-19)24-15-10-17(27(28)29)14(21)9-18(15)30-2/h4-11H,3H2,1-2H3,(H,22,24,25). The number of benzene rings is 2. The van der Waals surface area contributed by atoms with Crippen LogP contribution in [0.4, 0.5) is 21.7 Å². The minimum atomic E-state index is -1.00. The lowest BCUT2D eigenvalue weighted by Gasteiger charge is -2.11. The first-order valence-electron chi connectivity index (χ1n) is 9.23. The van der Waals surface area contributed by atoms with Crippen molar-refractivity contribution in [2.24, 2.45) is 0 Å². The number of anilines is 2. The molecule has 0 fully saturated rings. The van der Waals surface area contributed by atoms with Crippen molar-refractivity contribution in [1.82, 2.24) is 19.7 Å². The molecule has 10 nitrogen and oxygen atoms in total. The van der Waals surface area contributed by atoms with Crippen LogP contribution in [0.25, 0.3) is 16.7 Å². The van der Waals surface area contributed by atoms with Gasteiger partial charge in [-0.05, 0) is 25.1 Å². The molecule has 0 amide bonds. The number of ether oxygens (including phenoxy) is 2. The van der Waals surface area contributed by atoms with E-state index in [9.17, 15) is 14.5 Å². The molecule has 0 saturated heterocycles. The molecule has 0 saturated carbocycles. The summed E-state index contributed by atoms with van der Waals surface area (Å²) in [6.45, 7) is 2.47. The van der Waals surface area contributed by atoms with Crippen LogP contribution in [0.15, 0.2) is 48.8 Å². The molecule has 4 rings (SSSR count). The Morgan fingerprint density at radius 1 is 1.26 bits per heavy atom. The highest BCUT2D eigenvalue weighted by atomic mass is 19.1. The summed E-state index contributed by atoms with van der Waals surface area (Å²) in [7, 11) is 1.33. The molecule has 31 heavy (non-hydrogen) atoms. The maximum Gasteiger partial charge on any atom is 0.307 e. The molecule has 0 radical (unpaired) electrons. The number of hydrogen-bond acceptors (Lipinski definition) is 8. The Morgan fingerprint density at radius 2 is 2.10 bits per heavy atom. The molecule has 0 aliphatic rings. The number of rotatable bonds is 7. The molecule has 4 aromatic rings. The number of nitrogens with zero attached hydrogens (tertiary/aromatic N) is 5. The highest BCUT2D eigenvalue weighted by molar-refractivity contribution is 5.81. The Bertz CT molecular complexity index is 1280. The summed E-state index contributed by atoms with van der Waals surface area (Å²) in [5.41, 5.74) is 0.269. The molecule has 1 N–H and O–H groups in total. The molecule has 2 heterocycles. The van der Waals surface area contributed by atoms with E-state index in [1.54, 1.807) is 16.9 Å². The lowest BCUT2D eigenvalue weighted by Crippen LogP contribution is -2.05. The monoisotopic (exact) mass is 424 g/mol. The predicted octanol–water partition coefficient (Wildman–Crippen LogP) is 4.01. The SMILES string of the molecule is CCOc1ccc2c(cnn2-c2ccnc(Nc3cc([N+](=O)[O-])c(F)cc3OC)n2)c1. The highest BCUT2D eigenvalue weighted by Crippen LogP contribution is 2.33. The van der Waals surface area contributed by atoms with Crippen LogP contribution in [-0.4, -0.2) is 38.4 Å². The molecule has 2 aromatic heterocycles. The summed E-state index contributed by atoms with van der Waals surface area (Å²) < 4.78 is 26.1. The highest BCUT2D eigenvalue weighted by Gasteiger charge is 2.20. The molecule has 0 bridgehead atoms. The average Bonchev–Trinajstić information content (AvgIpc) is 3.18. The smallest absolute Gasteiger partial charge is 0.307 e. The van der Waals surface area contributed by atoms with Gasteiger partial charge in [0, 0.05) is 29.8 Å². The number of nitro benzene ring substituents is 1. The van der Waals surface area contributed by atoms with E-state index in [0.29, 0.717) is 12.4 Å². The van der Waals surface area contributed by atoms with E-state index in [4.69, 9.17) is 9.47 Å². The van der Waals surface area contributed by atoms with Crippen LogP contribution in [-0.2, 0) is 0 Å². The molecule has 0 unspecified atom stereocenters. The van der Waals surface area contributed by atoms with Crippen molar-refractivity contribution in [2.75, 3.05) is 19.0 Å². The summed E-state index contributed by atoms with van der Waals surface area (Å²) in [6, 6.07) is 9.22. The van der Waals surface area contributed by atoms with Gasteiger partial charge in [-0.2, -0.15) is 14.5 Å². The van der Waals surface area contributed by atoms with Gasteiger partial charge in [-0.3, -0.25) is 10.1 Å². The molecular weight excluding hydrogens is 407 g/mol. The Hall–Kier alpha value is -4.28. The van der Waals surface area contributed by atoms with Crippen LogP contribution in [0.2, 0.25) is 0 Å². The molecule has 0 aliphatic carbocycles. The number of aromatic nitrogens is 4. The van der Waals surface area contributed by atoms with Gasteiger partial charge in [-0.1, -0.05) is 0 Å². The third-order valence-electron chi connectivity index (χ3n) is 4.42. The van der Waals surface area contributed by atoms with E-state index in [0.717, 1.165) is 28.8 Å². The normalized spacial score (nSPS) is 10.8. The summed E-state index contributed by atoms with van der Waals surface area (Å²) in [6.07, 6.45) is 3.20. The zero-order chi connectivity index (χ0) is 22.0. The fourth-order valence-electron chi connectivity index (χ4n) is 3.05. The molecule has 158 valence electrons. The van der Waals surface area contributed by atoms with E-state index in [-0.39, 0.29) is 17.4 Å². The molecule has 0 aliphatic heterocycles. The van der Waals surface area contributed by atoms with Crippen LogP contribution in [0.3, 0.4) is 0 Å². The van der Waals surface area contributed by atoms with E-state index in [1.807, 2.05) is 25.1 Å². The van der Waals surface area contributed by atoms with Crippen molar-refractivity contribution in [2.45, 2.75) is 6.92 Å². The topological polar surface area (TPSA) is 117 Å². The molecule has 11 heteroatoms. The van der Waals surface area contributed by atoms with E-state index in [1.165, 1.54) is 13.3 Å².